The summed E-state index contributed by atoms with van der Waals surface area (Å²) < 4.78 is 0. The molecule has 90 valence electrons. The van der Waals surface area contributed by atoms with E-state index in [1.165, 1.54) is 0 Å². The van der Waals surface area contributed by atoms with E-state index in [0.29, 0.717) is 17.5 Å². The Bertz CT molecular complexity index is 424. The average Bonchev–Trinajstić information content (AvgIpc) is 2.33. The Kier molecular flexibility index (Phi) is 3.60. The summed E-state index contributed by atoms with van der Waals surface area (Å²) in [4.78, 5) is 6.59. The first-order valence-corrected chi connectivity index (χ1v) is 6.01. The van der Waals surface area contributed by atoms with Crippen molar-refractivity contribution >= 4 is 5.82 Å². The summed E-state index contributed by atoms with van der Waals surface area (Å²) in [5.41, 5.74) is 0.624. The van der Waals surface area contributed by atoms with Crippen LogP contribution in [0.4, 0.5) is 5.82 Å². The normalized spacial score (nSPS) is 25.2. The maximum absolute atomic E-state index is 9.02. The van der Waals surface area contributed by atoms with Crippen molar-refractivity contribution in [3.05, 3.63) is 23.9 Å². The van der Waals surface area contributed by atoms with Crippen LogP contribution >= 0.6 is 0 Å². The Hall–Kier alpha value is -1.60. The van der Waals surface area contributed by atoms with Gasteiger partial charge in [0.25, 0.3) is 0 Å². The molecule has 2 unspecified atom stereocenters. The van der Waals surface area contributed by atoms with Gasteiger partial charge >= 0.3 is 0 Å². The maximum atomic E-state index is 9.02. The third-order valence-corrected chi connectivity index (χ3v) is 3.36. The van der Waals surface area contributed by atoms with Crippen LogP contribution in [0.25, 0.3) is 0 Å². The van der Waals surface area contributed by atoms with Crippen LogP contribution in [0.2, 0.25) is 0 Å². The lowest BCUT2D eigenvalue weighted by Gasteiger charge is -2.35. The molecule has 0 spiro atoms. The minimum Gasteiger partial charge on any atom is -0.366 e. The molecule has 1 aliphatic rings. The molecule has 1 aliphatic heterocycles. The van der Waals surface area contributed by atoms with Crippen LogP contribution in [0.1, 0.15) is 18.9 Å². The zero-order valence-corrected chi connectivity index (χ0v) is 10.3. The van der Waals surface area contributed by atoms with Crippen LogP contribution in [0, 0.1) is 17.2 Å². The van der Waals surface area contributed by atoms with Gasteiger partial charge in [-0.2, -0.15) is 5.26 Å². The molecule has 2 rings (SSSR count). The van der Waals surface area contributed by atoms with Crippen molar-refractivity contribution in [2.75, 3.05) is 25.5 Å². The van der Waals surface area contributed by atoms with Gasteiger partial charge < -0.3 is 10.2 Å². The van der Waals surface area contributed by atoms with Crippen molar-refractivity contribution in [3.8, 4) is 6.07 Å². The largest absolute Gasteiger partial charge is 0.366 e. The summed E-state index contributed by atoms with van der Waals surface area (Å²) in [6.07, 6.45) is 2.82. The summed E-state index contributed by atoms with van der Waals surface area (Å²) in [7, 11) is 2.15. The van der Waals surface area contributed by atoms with Gasteiger partial charge in [-0.15, -0.1) is 0 Å². The molecule has 1 N–H and O–H groups in total. The highest BCUT2D eigenvalue weighted by molar-refractivity contribution is 5.51. The quantitative estimate of drug-likeness (QED) is 0.840. The number of rotatable bonds is 2. The van der Waals surface area contributed by atoms with Crippen molar-refractivity contribution in [1.82, 2.24) is 9.88 Å². The minimum atomic E-state index is 0.410. The molecular weight excluding hydrogens is 212 g/mol. The van der Waals surface area contributed by atoms with Crippen LogP contribution < -0.4 is 5.32 Å². The van der Waals surface area contributed by atoms with Gasteiger partial charge in [0.1, 0.15) is 11.9 Å². The van der Waals surface area contributed by atoms with E-state index in [4.69, 9.17) is 5.26 Å². The fraction of sp³-hybridized carbons (Fsp3) is 0.538. The summed E-state index contributed by atoms with van der Waals surface area (Å²) >= 11 is 0. The van der Waals surface area contributed by atoms with Crippen molar-refractivity contribution in [2.45, 2.75) is 19.4 Å². The Morgan fingerprint density at radius 3 is 3.12 bits per heavy atom. The Morgan fingerprint density at radius 2 is 2.41 bits per heavy atom. The number of piperidine rings is 1. The first-order valence-electron chi connectivity index (χ1n) is 6.01. The topological polar surface area (TPSA) is 52.0 Å². The lowest BCUT2D eigenvalue weighted by atomic mass is 9.94. The van der Waals surface area contributed by atoms with E-state index < -0.39 is 0 Å². The standard InChI is InChI=1S/C13H18N4/c1-10-9-17(2)7-5-12(10)16-13-11(8-14)4-3-6-15-13/h3-4,6,10,12H,5,7,9H2,1-2H3,(H,15,16). The molecule has 1 saturated heterocycles. The number of nitrogens with zero attached hydrogens (tertiary/aromatic N) is 3. The molecule has 0 radical (unpaired) electrons. The highest BCUT2D eigenvalue weighted by Crippen LogP contribution is 2.20. The van der Waals surface area contributed by atoms with Gasteiger partial charge in [-0.1, -0.05) is 6.92 Å². The van der Waals surface area contributed by atoms with Gasteiger partial charge in [0.2, 0.25) is 0 Å². The van der Waals surface area contributed by atoms with Crippen LogP contribution in [0.5, 0.6) is 0 Å². The summed E-state index contributed by atoms with van der Waals surface area (Å²) in [6, 6.07) is 6.18. The maximum Gasteiger partial charge on any atom is 0.144 e. The molecule has 17 heavy (non-hydrogen) atoms. The number of anilines is 1. The monoisotopic (exact) mass is 230 g/mol. The molecule has 2 atom stereocenters. The van der Waals surface area contributed by atoms with Crippen molar-refractivity contribution in [3.63, 3.8) is 0 Å². The van der Waals surface area contributed by atoms with Crippen LogP contribution in [-0.4, -0.2) is 36.1 Å². The molecule has 0 aromatic carbocycles. The first-order chi connectivity index (χ1) is 8.20. The molecule has 0 bridgehead atoms. The molecule has 4 nitrogen and oxygen atoms in total. The summed E-state index contributed by atoms with van der Waals surface area (Å²) in [6.45, 7) is 4.42. The van der Waals surface area contributed by atoms with E-state index >= 15 is 0 Å². The number of nitrogens with one attached hydrogen (secondary N) is 1. The van der Waals surface area contributed by atoms with E-state index in [1.807, 2.05) is 0 Å². The third kappa shape index (κ3) is 2.75. The Balaban J connectivity index is 2.08. The third-order valence-electron chi connectivity index (χ3n) is 3.36. The predicted molar refractivity (Wildman–Crippen MR) is 67.6 cm³/mol. The fourth-order valence-corrected chi connectivity index (χ4v) is 2.35. The van der Waals surface area contributed by atoms with Gasteiger partial charge in [0.15, 0.2) is 0 Å². The van der Waals surface area contributed by atoms with E-state index in [-0.39, 0.29) is 0 Å². The number of pyridine rings is 1. The zero-order valence-electron chi connectivity index (χ0n) is 10.3. The summed E-state index contributed by atoms with van der Waals surface area (Å²) in [5, 5.41) is 12.4. The second kappa shape index (κ2) is 5.15. The molecule has 0 aliphatic carbocycles. The first kappa shape index (κ1) is 11.9. The number of nitriles is 1. The highest BCUT2D eigenvalue weighted by atomic mass is 15.1. The molecule has 1 fully saturated rings. The van der Waals surface area contributed by atoms with Crippen molar-refractivity contribution in [2.24, 2.45) is 5.92 Å². The lowest BCUT2D eigenvalue weighted by molar-refractivity contribution is 0.206. The van der Waals surface area contributed by atoms with Gasteiger partial charge in [-0.05, 0) is 38.1 Å². The fourth-order valence-electron chi connectivity index (χ4n) is 2.35. The molecule has 0 amide bonds. The van der Waals surface area contributed by atoms with Crippen LogP contribution in [-0.2, 0) is 0 Å². The van der Waals surface area contributed by atoms with Gasteiger partial charge in [-0.3, -0.25) is 0 Å². The molecule has 4 heteroatoms. The molecular formula is C13H18N4. The van der Waals surface area contributed by atoms with Gasteiger partial charge in [0.05, 0.1) is 5.56 Å². The van der Waals surface area contributed by atoms with Gasteiger partial charge in [-0.25, -0.2) is 4.98 Å². The minimum absolute atomic E-state index is 0.410. The molecule has 1 aromatic rings. The summed E-state index contributed by atoms with van der Waals surface area (Å²) in [5.74, 6) is 1.29. The number of hydrogen-bond acceptors (Lipinski definition) is 4. The van der Waals surface area contributed by atoms with Crippen LogP contribution in [0.15, 0.2) is 18.3 Å². The van der Waals surface area contributed by atoms with E-state index in [9.17, 15) is 0 Å². The number of likely N-dealkylation sites (tertiary alicyclic amines) is 1. The average molecular weight is 230 g/mol. The highest BCUT2D eigenvalue weighted by Gasteiger charge is 2.24. The second-order valence-corrected chi connectivity index (χ2v) is 4.79. The van der Waals surface area contributed by atoms with Crippen molar-refractivity contribution in [1.29, 1.82) is 5.26 Å². The van der Waals surface area contributed by atoms with Gasteiger partial charge in [0, 0.05) is 18.8 Å². The predicted octanol–water partition coefficient (Wildman–Crippen LogP) is 1.71. The van der Waals surface area contributed by atoms with Crippen molar-refractivity contribution < 1.29 is 0 Å². The molecule has 0 saturated carbocycles. The zero-order chi connectivity index (χ0) is 12.3. The number of hydrogen-bond donors (Lipinski definition) is 1. The molecule has 2 heterocycles. The molecule has 1 aromatic heterocycles. The Labute approximate surface area is 102 Å². The van der Waals surface area contributed by atoms with Crippen LogP contribution in [0.3, 0.4) is 0 Å². The smallest absolute Gasteiger partial charge is 0.144 e. The Morgan fingerprint density at radius 1 is 1.59 bits per heavy atom. The van der Waals surface area contributed by atoms with E-state index in [2.05, 4.69) is 35.2 Å². The van der Waals surface area contributed by atoms with E-state index in [0.717, 1.165) is 25.3 Å². The lowest BCUT2D eigenvalue weighted by Crippen LogP contribution is -2.43. The second-order valence-electron chi connectivity index (χ2n) is 4.79. The SMILES string of the molecule is CC1CN(C)CCC1Nc1ncccc1C#N. The number of aromatic nitrogens is 1. The van der Waals surface area contributed by atoms with E-state index in [1.54, 1.807) is 18.3 Å².